The smallest absolute Gasteiger partial charge is 0.408 e. The van der Waals surface area contributed by atoms with Crippen LogP contribution in [0.4, 0.5) is 4.79 Å². The molecule has 200 valence electrons. The lowest BCUT2D eigenvalue weighted by molar-refractivity contribution is -0.145. The number of nitrogens with two attached hydrogens (primary N) is 1. The Bertz CT molecular complexity index is 972. The topological polar surface area (TPSA) is 157 Å². The second-order valence-corrected chi connectivity index (χ2v) is 9.44. The standard InChI is InChI=1S/C25H38N4O7/c1-8-11-29(23(33)18(13-19(26)30)28-24(34)36-25(4,5)6)21(22(32)27-14-20(31)35-7)17-10-9-15(2)16(3)12-17/h9-10,12,18,21H,8,11,13-14H2,1-7H3,(H2,26,30)(H,27,32)(H,28,34). The van der Waals surface area contributed by atoms with Crippen molar-refractivity contribution in [3.05, 3.63) is 34.9 Å². The zero-order valence-corrected chi connectivity index (χ0v) is 22.1. The summed E-state index contributed by atoms with van der Waals surface area (Å²) in [5, 5.41) is 4.91. The van der Waals surface area contributed by atoms with Crippen LogP contribution < -0.4 is 16.4 Å². The molecule has 2 atom stereocenters. The van der Waals surface area contributed by atoms with Gasteiger partial charge in [0, 0.05) is 6.54 Å². The van der Waals surface area contributed by atoms with Gasteiger partial charge in [0.15, 0.2) is 0 Å². The number of aryl methyl sites for hydroxylation is 2. The number of primary amides is 1. The number of esters is 1. The van der Waals surface area contributed by atoms with E-state index in [0.29, 0.717) is 12.0 Å². The van der Waals surface area contributed by atoms with E-state index in [1.165, 1.54) is 12.0 Å². The monoisotopic (exact) mass is 506 g/mol. The van der Waals surface area contributed by atoms with Crippen molar-refractivity contribution in [2.45, 2.75) is 72.1 Å². The molecule has 0 heterocycles. The second-order valence-electron chi connectivity index (χ2n) is 9.44. The number of methoxy groups -OCH3 is 1. The van der Waals surface area contributed by atoms with Gasteiger partial charge in [-0.25, -0.2) is 4.79 Å². The normalized spacial score (nSPS) is 12.6. The van der Waals surface area contributed by atoms with Gasteiger partial charge in [-0.3, -0.25) is 19.2 Å². The Morgan fingerprint density at radius 2 is 1.72 bits per heavy atom. The van der Waals surface area contributed by atoms with Gasteiger partial charge in [-0.2, -0.15) is 0 Å². The Morgan fingerprint density at radius 3 is 2.22 bits per heavy atom. The lowest BCUT2D eigenvalue weighted by atomic mass is 9.98. The maximum Gasteiger partial charge on any atom is 0.408 e. The maximum absolute atomic E-state index is 13.7. The van der Waals surface area contributed by atoms with E-state index in [4.69, 9.17) is 10.5 Å². The third-order valence-electron chi connectivity index (χ3n) is 5.18. The van der Waals surface area contributed by atoms with E-state index >= 15 is 0 Å². The molecule has 0 saturated heterocycles. The fourth-order valence-electron chi connectivity index (χ4n) is 3.39. The number of amides is 4. The third kappa shape index (κ3) is 9.55. The van der Waals surface area contributed by atoms with E-state index in [9.17, 15) is 24.0 Å². The van der Waals surface area contributed by atoms with Crippen LogP contribution in [0.1, 0.15) is 63.3 Å². The molecule has 0 aliphatic heterocycles. The van der Waals surface area contributed by atoms with Gasteiger partial charge in [-0.15, -0.1) is 0 Å². The van der Waals surface area contributed by atoms with Crippen molar-refractivity contribution in [2.24, 2.45) is 5.73 Å². The Hall–Kier alpha value is -3.63. The molecule has 0 spiro atoms. The number of carbonyl (C=O) groups excluding carboxylic acids is 5. The molecular formula is C25H38N4O7. The van der Waals surface area contributed by atoms with E-state index in [1.807, 2.05) is 26.8 Å². The molecule has 4 N–H and O–H groups in total. The fourth-order valence-corrected chi connectivity index (χ4v) is 3.39. The molecule has 11 nitrogen and oxygen atoms in total. The molecule has 0 radical (unpaired) electrons. The van der Waals surface area contributed by atoms with Gasteiger partial charge in [0.25, 0.3) is 0 Å². The zero-order valence-electron chi connectivity index (χ0n) is 22.1. The van der Waals surface area contributed by atoms with Crippen molar-refractivity contribution >= 4 is 29.8 Å². The average Bonchev–Trinajstić information content (AvgIpc) is 2.76. The van der Waals surface area contributed by atoms with Gasteiger partial charge >= 0.3 is 12.1 Å². The van der Waals surface area contributed by atoms with Crippen LogP contribution in [-0.4, -0.2) is 66.5 Å². The van der Waals surface area contributed by atoms with E-state index in [-0.39, 0.29) is 6.54 Å². The van der Waals surface area contributed by atoms with Crippen LogP contribution in [0.2, 0.25) is 0 Å². The number of hydrogen-bond donors (Lipinski definition) is 3. The van der Waals surface area contributed by atoms with Crippen LogP contribution in [0.3, 0.4) is 0 Å². The van der Waals surface area contributed by atoms with Crippen LogP contribution in [-0.2, 0) is 28.7 Å². The predicted octanol–water partition coefficient (Wildman–Crippen LogP) is 1.64. The van der Waals surface area contributed by atoms with Gasteiger partial charge < -0.3 is 30.7 Å². The van der Waals surface area contributed by atoms with Crippen LogP contribution in [0.15, 0.2) is 18.2 Å². The number of benzene rings is 1. The fraction of sp³-hybridized carbons (Fsp3) is 0.560. The van der Waals surface area contributed by atoms with Crippen molar-refractivity contribution in [1.29, 1.82) is 0 Å². The first-order valence-corrected chi connectivity index (χ1v) is 11.7. The molecule has 0 saturated carbocycles. The molecule has 4 amide bonds. The van der Waals surface area contributed by atoms with Crippen LogP contribution >= 0.6 is 0 Å². The molecule has 1 rings (SSSR count). The summed E-state index contributed by atoms with van der Waals surface area (Å²) >= 11 is 0. The molecule has 0 aliphatic carbocycles. The highest BCUT2D eigenvalue weighted by Gasteiger charge is 2.36. The van der Waals surface area contributed by atoms with Gasteiger partial charge in [-0.05, 0) is 57.7 Å². The predicted molar refractivity (Wildman–Crippen MR) is 133 cm³/mol. The van der Waals surface area contributed by atoms with Crippen molar-refractivity contribution in [3.8, 4) is 0 Å². The Kier molecular flexibility index (Phi) is 11.4. The quantitative estimate of drug-likeness (QED) is 0.385. The highest BCUT2D eigenvalue weighted by atomic mass is 16.6. The number of hydrogen-bond acceptors (Lipinski definition) is 7. The molecule has 0 fully saturated rings. The van der Waals surface area contributed by atoms with Gasteiger partial charge in [-0.1, -0.05) is 25.1 Å². The molecule has 0 aliphatic rings. The lowest BCUT2D eigenvalue weighted by Gasteiger charge is -2.34. The molecule has 0 aromatic heterocycles. The van der Waals surface area contributed by atoms with E-state index < -0.39 is 60.4 Å². The Morgan fingerprint density at radius 1 is 1.08 bits per heavy atom. The summed E-state index contributed by atoms with van der Waals surface area (Å²) in [7, 11) is 1.19. The summed E-state index contributed by atoms with van der Waals surface area (Å²) in [6, 6.07) is 2.78. The van der Waals surface area contributed by atoms with Crippen molar-refractivity contribution in [3.63, 3.8) is 0 Å². The number of nitrogens with zero attached hydrogens (tertiary/aromatic N) is 1. The highest BCUT2D eigenvalue weighted by Crippen LogP contribution is 2.25. The summed E-state index contributed by atoms with van der Waals surface area (Å²) in [6.45, 7) is 10.3. The third-order valence-corrected chi connectivity index (χ3v) is 5.18. The number of ether oxygens (including phenoxy) is 2. The van der Waals surface area contributed by atoms with E-state index in [1.54, 1.807) is 32.9 Å². The Balaban J connectivity index is 3.47. The van der Waals surface area contributed by atoms with Crippen LogP contribution in [0.5, 0.6) is 0 Å². The average molecular weight is 507 g/mol. The minimum Gasteiger partial charge on any atom is -0.468 e. The minimum absolute atomic E-state index is 0.118. The maximum atomic E-state index is 13.7. The van der Waals surface area contributed by atoms with E-state index in [0.717, 1.165) is 11.1 Å². The molecule has 2 unspecified atom stereocenters. The first-order chi connectivity index (χ1) is 16.7. The first-order valence-electron chi connectivity index (χ1n) is 11.7. The highest BCUT2D eigenvalue weighted by molar-refractivity contribution is 5.95. The van der Waals surface area contributed by atoms with Gasteiger partial charge in [0.05, 0.1) is 13.5 Å². The number of carbonyl (C=O) groups is 5. The van der Waals surface area contributed by atoms with Gasteiger partial charge in [0.1, 0.15) is 24.2 Å². The molecule has 1 aromatic rings. The molecular weight excluding hydrogens is 468 g/mol. The number of rotatable bonds is 11. The van der Waals surface area contributed by atoms with Gasteiger partial charge in [0.2, 0.25) is 17.7 Å². The summed E-state index contributed by atoms with van der Waals surface area (Å²) in [4.78, 5) is 64.1. The summed E-state index contributed by atoms with van der Waals surface area (Å²) in [5.74, 6) is -2.80. The van der Waals surface area contributed by atoms with E-state index in [2.05, 4.69) is 15.4 Å². The first kappa shape index (κ1) is 30.4. The van der Waals surface area contributed by atoms with Crippen molar-refractivity contribution in [2.75, 3.05) is 20.2 Å². The molecule has 36 heavy (non-hydrogen) atoms. The zero-order chi connectivity index (χ0) is 27.6. The second kappa shape index (κ2) is 13.5. The minimum atomic E-state index is -1.37. The number of alkyl carbamates (subject to hydrolysis) is 1. The summed E-state index contributed by atoms with van der Waals surface area (Å²) in [6.07, 6.45) is -0.939. The van der Waals surface area contributed by atoms with Crippen LogP contribution in [0.25, 0.3) is 0 Å². The molecule has 11 heteroatoms. The SMILES string of the molecule is CCCN(C(=O)C(CC(N)=O)NC(=O)OC(C)(C)C)C(C(=O)NCC(=O)OC)c1ccc(C)c(C)c1. The Labute approximate surface area is 212 Å². The molecule has 1 aromatic carbocycles. The van der Waals surface area contributed by atoms with Crippen molar-refractivity contribution in [1.82, 2.24) is 15.5 Å². The number of nitrogens with one attached hydrogen (secondary N) is 2. The lowest BCUT2D eigenvalue weighted by Crippen LogP contribution is -2.54. The largest absolute Gasteiger partial charge is 0.468 e. The summed E-state index contributed by atoms with van der Waals surface area (Å²) in [5.41, 5.74) is 6.89. The summed E-state index contributed by atoms with van der Waals surface area (Å²) < 4.78 is 9.83. The molecule has 0 bridgehead atoms. The van der Waals surface area contributed by atoms with Crippen LogP contribution in [0, 0.1) is 13.8 Å². The van der Waals surface area contributed by atoms with Crippen molar-refractivity contribution < 1.29 is 33.4 Å².